The normalized spacial score (nSPS) is 27.7. The number of nitrogens with two attached hydrogens (primary N) is 1. The van der Waals surface area contributed by atoms with E-state index in [2.05, 4.69) is 21.9 Å². The second kappa shape index (κ2) is 6.19. The number of hydrogen-bond acceptors (Lipinski definition) is 5. The summed E-state index contributed by atoms with van der Waals surface area (Å²) in [5.41, 5.74) is 7.95. The molecule has 2 bridgehead atoms. The minimum Gasteiger partial charge on any atom is -0.330 e. The number of pyridine rings is 1. The van der Waals surface area contributed by atoms with Gasteiger partial charge in [-0.25, -0.2) is 15.0 Å². The van der Waals surface area contributed by atoms with Crippen LogP contribution in [0.15, 0.2) is 30.6 Å². The van der Waals surface area contributed by atoms with Crippen molar-refractivity contribution in [3.63, 3.8) is 0 Å². The number of aromatic nitrogens is 3. The highest BCUT2D eigenvalue weighted by Crippen LogP contribution is 2.46. The van der Waals surface area contributed by atoms with Crippen LogP contribution in [0.25, 0.3) is 11.4 Å². The van der Waals surface area contributed by atoms with Crippen molar-refractivity contribution in [3.05, 3.63) is 42.0 Å². The zero-order valence-electron chi connectivity index (χ0n) is 14.6. The minimum atomic E-state index is -0.0448. The first kappa shape index (κ1) is 16.1. The topological polar surface area (TPSA) is 85.0 Å². The SMILES string of the molecule is Cc1ccc(-c2ncccn2)c(C(=O)N2C3CC(C3)C(C)C2CN)n1. The molecule has 0 spiro atoms. The van der Waals surface area contributed by atoms with E-state index in [0.29, 0.717) is 35.5 Å². The van der Waals surface area contributed by atoms with Gasteiger partial charge in [-0.3, -0.25) is 4.79 Å². The molecule has 1 aliphatic carbocycles. The van der Waals surface area contributed by atoms with Crippen LogP contribution in [0.1, 0.15) is 35.9 Å². The molecule has 6 heteroatoms. The van der Waals surface area contributed by atoms with E-state index < -0.39 is 0 Å². The van der Waals surface area contributed by atoms with Crippen LogP contribution < -0.4 is 5.73 Å². The second-order valence-electron chi connectivity index (χ2n) is 7.18. The maximum absolute atomic E-state index is 13.4. The van der Waals surface area contributed by atoms with Gasteiger partial charge in [-0.05, 0) is 49.8 Å². The van der Waals surface area contributed by atoms with Crippen molar-refractivity contribution in [2.75, 3.05) is 6.54 Å². The number of carbonyl (C=O) groups is 1. The molecule has 2 atom stereocenters. The van der Waals surface area contributed by atoms with Gasteiger partial charge in [0.25, 0.3) is 5.91 Å². The molecule has 5 rings (SSSR count). The fraction of sp³-hybridized carbons (Fsp3) is 0.474. The van der Waals surface area contributed by atoms with Crippen LogP contribution in [-0.4, -0.2) is 44.4 Å². The molecule has 0 radical (unpaired) electrons. The van der Waals surface area contributed by atoms with Crippen molar-refractivity contribution in [1.29, 1.82) is 0 Å². The molecular weight excluding hydrogens is 314 g/mol. The Balaban J connectivity index is 1.76. The summed E-state index contributed by atoms with van der Waals surface area (Å²) in [5.74, 6) is 1.61. The molecule has 2 saturated heterocycles. The molecule has 3 aliphatic rings. The lowest BCUT2D eigenvalue weighted by Gasteiger charge is -2.57. The summed E-state index contributed by atoms with van der Waals surface area (Å²) in [6.45, 7) is 4.59. The molecule has 6 nitrogen and oxygen atoms in total. The molecule has 2 aliphatic heterocycles. The van der Waals surface area contributed by atoms with Gasteiger partial charge in [0.2, 0.25) is 0 Å². The largest absolute Gasteiger partial charge is 0.330 e. The Morgan fingerprint density at radius 2 is 2.00 bits per heavy atom. The molecule has 2 unspecified atom stereocenters. The van der Waals surface area contributed by atoms with Crippen molar-refractivity contribution in [1.82, 2.24) is 19.9 Å². The number of amides is 1. The van der Waals surface area contributed by atoms with Gasteiger partial charge >= 0.3 is 0 Å². The summed E-state index contributed by atoms with van der Waals surface area (Å²) in [7, 11) is 0. The van der Waals surface area contributed by atoms with Crippen LogP contribution in [0.5, 0.6) is 0 Å². The van der Waals surface area contributed by atoms with E-state index >= 15 is 0 Å². The summed E-state index contributed by atoms with van der Waals surface area (Å²) in [6.07, 6.45) is 5.51. The molecule has 1 saturated carbocycles. The zero-order valence-corrected chi connectivity index (χ0v) is 14.6. The second-order valence-corrected chi connectivity index (χ2v) is 7.18. The summed E-state index contributed by atoms with van der Waals surface area (Å²) >= 11 is 0. The highest BCUT2D eigenvalue weighted by molar-refractivity contribution is 5.98. The van der Waals surface area contributed by atoms with E-state index in [1.165, 1.54) is 0 Å². The average molecular weight is 337 g/mol. The third kappa shape index (κ3) is 2.61. The molecule has 3 fully saturated rings. The number of aryl methyl sites for hydroxylation is 1. The Bertz CT molecular complexity index is 788. The van der Waals surface area contributed by atoms with Crippen molar-refractivity contribution in [2.45, 2.75) is 38.8 Å². The smallest absolute Gasteiger partial charge is 0.273 e. The van der Waals surface area contributed by atoms with Gasteiger partial charge in [0, 0.05) is 36.7 Å². The van der Waals surface area contributed by atoms with Crippen LogP contribution in [-0.2, 0) is 0 Å². The predicted molar refractivity (Wildman–Crippen MR) is 94.7 cm³/mol. The van der Waals surface area contributed by atoms with Crippen molar-refractivity contribution in [3.8, 4) is 11.4 Å². The number of rotatable bonds is 3. The van der Waals surface area contributed by atoms with Gasteiger partial charge in [0.1, 0.15) is 5.69 Å². The minimum absolute atomic E-state index is 0.0448. The highest BCUT2D eigenvalue weighted by Gasteiger charge is 2.50. The summed E-state index contributed by atoms with van der Waals surface area (Å²) in [4.78, 5) is 28.6. The van der Waals surface area contributed by atoms with Gasteiger partial charge in [-0.15, -0.1) is 0 Å². The Kier molecular flexibility index (Phi) is 4.00. The number of carbonyl (C=O) groups excluding carboxylic acids is 1. The Morgan fingerprint density at radius 1 is 1.28 bits per heavy atom. The Hall–Kier alpha value is -2.34. The first-order chi connectivity index (χ1) is 12.1. The summed E-state index contributed by atoms with van der Waals surface area (Å²) in [6, 6.07) is 5.91. The van der Waals surface area contributed by atoms with Gasteiger partial charge in [0.15, 0.2) is 5.82 Å². The molecule has 2 N–H and O–H groups in total. The van der Waals surface area contributed by atoms with Gasteiger partial charge < -0.3 is 10.6 Å². The molecule has 4 heterocycles. The maximum Gasteiger partial charge on any atom is 0.273 e. The van der Waals surface area contributed by atoms with E-state index in [0.717, 1.165) is 18.5 Å². The molecule has 2 aromatic heterocycles. The molecule has 1 amide bonds. The fourth-order valence-electron chi connectivity index (χ4n) is 4.23. The van der Waals surface area contributed by atoms with E-state index in [9.17, 15) is 4.79 Å². The fourth-order valence-corrected chi connectivity index (χ4v) is 4.23. The van der Waals surface area contributed by atoms with Gasteiger partial charge in [0.05, 0.1) is 5.56 Å². The van der Waals surface area contributed by atoms with Gasteiger partial charge in [-0.2, -0.15) is 0 Å². The van der Waals surface area contributed by atoms with E-state index in [-0.39, 0.29) is 18.0 Å². The highest BCUT2D eigenvalue weighted by atomic mass is 16.2. The number of nitrogens with zero attached hydrogens (tertiary/aromatic N) is 4. The van der Waals surface area contributed by atoms with Crippen molar-refractivity contribution < 1.29 is 4.79 Å². The van der Waals surface area contributed by atoms with Crippen molar-refractivity contribution in [2.24, 2.45) is 17.6 Å². The van der Waals surface area contributed by atoms with E-state index in [4.69, 9.17) is 5.73 Å². The molecule has 25 heavy (non-hydrogen) atoms. The third-order valence-corrected chi connectivity index (χ3v) is 5.77. The zero-order chi connectivity index (χ0) is 17.6. The standard InChI is InChI=1S/C19H23N5O/c1-11-4-5-15(18-21-6-3-7-22-18)17(23-11)19(25)24-14-8-13(9-14)12(2)16(24)10-20/h3-7,12-14,16H,8-10,20H2,1-2H3. The Labute approximate surface area is 147 Å². The average Bonchev–Trinajstić information content (AvgIpc) is 2.60. The van der Waals surface area contributed by atoms with E-state index in [1.54, 1.807) is 18.5 Å². The molecule has 130 valence electrons. The number of piperidine rings is 2. The summed E-state index contributed by atoms with van der Waals surface area (Å²) in [5, 5.41) is 0. The monoisotopic (exact) mass is 337 g/mol. The predicted octanol–water partition coefficient (Wildman–Crippen LogP) is 2.04. The third-order valence-electron chi connectivity index (χ3n) is 5.77. The number of fused-ring (bicyclic) bond motifs is 2. The maximum atomic E-state index is 13.4. The van der Waals surface area contributed by atoms with E-state index in [1.807, 2.05) is 24.0 Å². The first-order valence-electron chi connectivity index (χ1n) is 8.88. The lowest BCUT2D eigenvalue weighted by molar-refractivity contribution is -0.0517. The first-order valence-corrected chi connectivity index (χ1v) is 8.88. The van der Waals surface area contributed by atoms with Crippen LogP contribution in [0.2, 0.25) is 0 Å². The van der Waals surface area contributed by atoms with Crippen LogP contribution >= 0.6 is 0 Å². The van der Waals surface area contributed by atoms with Gasteiger partial charge in [-0.1, -0.05) is 6.92 Å². The quantitative estimate of drug-likeness (QED) is 0.926. The molecule has 2 aromatic rings. The summed E-state index contributed by atoms with van der Waals surface area (Å²) < 4.78 is 0. The van der Waals surface area contributed by atoms with Crippen LogP contribution in [0.4, 0.5) is 0 Å². The lowest BCUT2D eigenvalue weighted by Crippen LogP contribution is -2.65. The number of hydrogen-bond donors (Lipinski definition) is 1. The molecular formula is C19H23N5O. The van der Waals surface area contributed by atoms with Crippen LogP contribution in [0, 0.1) is 18.8 Å². The lowest BCUT2D eigenvalue weighted by atomic mass is 9.64. The Morgan fingerprint density at radius 3 is 2.68 bits per heavy atom. The van der Waals surface area contributed by atoms with Crippen molar-refractivity contribution >= 4 is 5.91 Å². The molecule has 0 aromatic carbocycles. The van der Waals surface area contributed by atoms with Crippen LogP contribution in [0.3, 0.4) is 0 Å².